The molecule has 0 radical (unpaired) electrons. The fourth-order valence-corrected chi connectivity index (χ4v) is 4.16. The molecule has 0 saturated heterocycles. The Balaban J connectivity index is 2.16. The number of anilines is 1. The van der Waals surface area contributed by atoms with E-state index >= 15 is 0 Å². The lowest BCUT2D eigenvalue weighted by molar-refractivity contribution is 0.134. The highest BCUT2D eigenvalue weighted by Crippen LogP contribution is 2.33. The molecule has 0 spiro atoms. The number of benzene rings is 1. The number of hydrogen-bond acceptors (Lipinski definition) is 4. The summed E-state index contributed by atoms with van der Waals surface area (Å²) in [4.78, 5) is -0.103. The highest BCUT2D eigenvalue weighted by molar-refractivity contribution is 7.89. The zero-order valence-corrected chi connectivity index (χ0v) is 13.0. The maximum atomic E-state index is 12.2. The van der Waals surface area contributed by atoms with Crippen LogP contribution in [-0.4, -0.2) is 26.2 Å². The highest BCUT2D eigenvalue weighted by Gasteiger charge is 2.28. The largest absolute Gasteiger partial charge is 0.396 e. The number of nitrogens with one attached hydrogen (secondary N) is 1. The van der Waals surface area contributed by atoms with Crippen molar-refractivity contribution in [2.75, 3.05) is 12.3 Å². The third-order valence-electron chi connectivity index (χ3n) is 3.54. The molecule has 2 atom stereocenters. The monoisotopic (exact) mass is 338 g/mol. The van der Waals surface area contributed by atoms with Crippen LogP contribution in [0.2, 0.25) is 10.0 Å². The Morgan fingerprint density at radius 2 is 2.05 bits per heavy atom. The van der Waals surface area contributed by atoms with Crippen molar-refractivity contribution in [3.8, 4) is 0 Å². The molecule has 2 rings (SSSR count). The van der Waals surface area contributed by atoms with Gasteiger partial charge in [-0.1, -0.05) is 29.6 Å². The molecule has 1 aliphatic rings. The summed E-state index contributed by atoms with van der Waals surface area (Å²) in [5.74, 6) is -0.0619. The number of rotatable bonds is 4. The molecule has 112 valence electrons. The topological polar surface area (TPSA) is 92.4 Å². The Morgan fingerprint density at radius 3 is 2.65 bits per heavy atom. The Labute approximate surface area is 128 Å². The van der Waals surface area contributed by atoms with Gasteiger partial charge in [0.2, 0.25) is 10.0 Å². The molecule has 8 heteroatoms. The van der Waals surface area contributed by atoms with Gasteiger partial charge >= 0.3 is 0 Å². The van der Waals surface area contributed by atoms with Crippen molar-refractivity contribution >= 4 is 38.9 Å². The summed E-state index contributed by atoms with van der Waals surface area (Å²) in [6.07, 6.45) is 1.96. The van der Waals surface area contributed by atoms with Crippen molar-refractivity contribution in [2.24, 2.45) is 5.92 Å². The van der Waals surface area contributed by atoms with Crippen LogP contribution in [0.3, 0.4) is 0 Å². The van der Waals surface area contributed by atoms with E-state index in [1.165, 1.54) is 12.1 Å². The highest BCUT2D eigenvalue weighted by atomic mass is 35.5. The maximum absolute atomic E-state index is 12.2. The molecule has 0 bridgehead atoms. The number of aliphatic hydroxyl groups excluding tert-OH is 1. The standard InChI is InChI=1S/C12H16Cl2N2O3S/c13-8-4-5-10(11(14)12(8)15)20(18,19)16-6-7-2-1-3-9(7)17/h4-5,7,9,16-17H,1-3,6,15H2. The number of nitrogen functional groups attached to an aromatic ring is 1. The second-order valence-electron chi connectivity index (χ2n) is 4.88. The van der Waals surface area contributed by atoms with Gasteiger partial charge in [-0.15, -0.1) is 0 Å². The van der Waals surface area contributed by atoms with Gasteiger partial charge in [-0.2, -0.15) is 0 Å². The van der Waals surface area contributed by atoms with Crippen LogP contribution in [0, 0.1) is 5.92 Å². The Bertz CT molecular complexity index is 607. The van der Waals surface area contributed by atoms with E-state index in [-0.39, 0.29) is 33.1 Å². The summed E-state index contributed by atoms with van der Waals surface area (Å²) in [5, 5.41) is 9.82. The normalized spacial score (nSPS) is 23.1. The maximum Gasteiger partial charge on any atom is 0.242 e. The van der Waals surface area contributed by atoms with E-state index in [0.29, 0.717) is 6.42 Å². The minimum atomic E-state index is -3.77. The average Bonchev–Trinajstić information content (AvgIpc) is 2.79. The first-order valence-electron chi connectivity index (χ1n) is 6.24. The van der Waals surface area contributed by atoms with Gasteiger partial charge in [-0.3, -0.25) is 0 Å². The van der Waals surface area contributed by atoms with Crippen molar-refractivity contribution in [3.05, 3.63) is 22.2 Å². The number of halogens is 2. The van der Waals surface area contributed by atoms with Gasteiger partial charge in [0.25, 0.3) is 0 Å². The third kappa shape index (κ3) is 3.20. The number of hydrogen-bond donors (Lipinski definition) is 3. The summed E-state index contributed by atoms with van der Waals surface area (Å²) in [7, 11) is -3.77. The van der Waals surface area contributed by atoms with Crippen LogP contribution in [-0.2, 0) is 10.0 Å². The van der Waals surface area contributed by atoms with E-state index < -0.39 is 16.1 Å². The van der Waals surface area contributed by atoms with Crippen LogP contribution in [0.4, 0.5) is 5.69 Å². The molecule has 1 aromatic carbocycles. The fraction of sp³-hybridized carbons (Fsp3) is 0.500. The SMILES string of the molecule is Nc1c(Cl)ccc(S(=O)(=O)NCC2CCCC2O)c1Cl. The van der Waals surface area contributed by atoms with Gasteiger partial charge in [-0.25, -0.2) is 13.1 Å². The zero-order valence-electron chi connectivity index (χ0n) is 10.6. The van der Waals surface area contributed by atoms with Gasteiger partial charge in [0, 0.05) is 6.54 Å². The Morgan fingerprint density at radius 1 is 1.35 bits per heavy atom. The molecule has 0 heterocycles. The number of sulfonamides is 1. The first-order valence-corrected chi connectivity index (χ1v) is 8.48. The van der Waals surface area contributed by atoms with Gasteiger partial charge in [-0.05, 0) is 30.9 Å². The summed E-state index contributed by atoms with van der Waals surface area (Å²) in [6, 6.07) is 2.70. The molecule has 0 amide bonds. The first-order chi connectivity index (χ1) is 9.33. The average molecular weight is 339 g/mol. The lowest BCUT2D eigenvalue weighted by Gasteiger charge is -2.16. The minimum absolute atomic E-state index is 0.0390. The van der Waals surface area contributed by atoms with Gasteiger partial charge in [0.15, 0.2) is 0 Å². The molecule has 4 N–H and O–H groups in total. The molecule has 0 aromatic heterocycles. The predicted octanol–water partition coefficient (Wildman–Crippen LogP) is 2.01. The summed E-state index contributed by atoms with van der Waals surface area (Å²) < 4.78 is 26.9. The van der Waals surface area contributed by atoms with Gasteiger partial charge in [0.05, 0.1) is 21.8 Å². The lowest BCUT2D eigenvalue weighted by Crippen LogP contribution is -2.32. The van der Waals surface area contributed by atoms with Crippen LogP contribution < -0.4 is 10.5 Å². The van der Waals surface area contributed by atoms with Crippen LogP contribution in [0.1, 0.15) is 19.3 Å². The molecule has 0 aliphatic heterocycles. The van der Waals surface area contributed by atoms with Crippen LogP contribution in [0.5, 0.6) is 0 Å². The second kappa shape index (κ2) is 6.07. The van der Waals surface area contributed by atoms with Crippen molar-refractivity contribution in [3.63, 3.8) is 0 Å². The van der Waals surface area contributed by atoms with Gasteiger partial charge < -0.3 is 10.8 Å². The molecule has 1 aliphatic carbocycles. The van der Waals surface area contributed by atoms with Crippen molar-refractivity contribution < 1.29 is 13.5 Å². The molecule has 1 aromatic rings. The molecular formula is C12H16Cl2N2O3S. The van der Waals surface area contributed by atoms with Crippen molar-refractivity contribution in [1.29, 1.82) is 0 Å². The second-order valence-corrected chi connectivity index (χ2v) is 7.40. The molecular weight excluding hydrogens is 323 g/mol. The van der Waals surface area contributed by atoms with Crippen molar-refractivity contribution in [1.82, 2.24) is 4.72 Å². The first kappa shape index (κ1) is 15.9. The fourth-order valence-electron chi connectivity index (χ4n) is 2.31. The van der Waals surface area contributed by atoms with Crippen LogP contribution >= 0.6 is 23.2 Å². The molecule has 5 nitrogen and oxygen atoms in total. The van der Waals surface area contributed by atoms with E-state index in [1.54, 1.807) is 0 Å². The number of aliphatic hydroxyl groups is 1. The number of nitrogens with two attached hydrogens (primary N) is 1. The summed E-state index contributed by atoms with van der Waals surface area (Å²) in [6.45, 7) is 0.183. The molecule has 2 unspecified atom stereocenters. The molecule has 1 saturated carbocycles. The summed E-state index contributed by atoms with van der Waals surface area (Å²) >= 11 is 11.7. The van der Waals surface area contributed by atoms with Crippen LogP contribution in [0.25, 0.3) is 0 Å². The smallest absolute Gasteiger partial charge is 0.242 e. The Kier molecular flexibility index (Phi) is 4.81. The van der Waals surface area contributed by atoms with E-state index in [4.69, 9.17) is 28.9 Å². The lowest BCUT2D eigenvalue weighted by atomic mass is 10.1. The van der Waals surface area contributed by atoms with Crippen molar-refractivity contribution in [2.45, 2.75) is 30.3 Å². The van der Waals surface area contributed by atoms with E-state index in [2.05, 4.69) is 4.72 Å². The van der Waals surface area contributed by atoms with E-state index in [0.717, 1.165) is 12.8 Å². The quantitative estimate of drug-likeness (QED) is 0.732. The van der Waals surface area contributed by atoms with E-state index in [9.17, 15) is 13.5 Å². The summed E-state index contributed by atoms with van der Waals surface area (Å²) in [5.41, 5.74) is 5.66. The predicted molar refractivity (Wildman–Crippen MR) is 79.4 cm³/mol. The minimum Gasteiger partial charge on any atom is -0.396 e. The third-order valence-corrected chi connectivity index (χ3v) is 5.85. The zero-order chi connectivity index (χ0) is 14.9. The van der Waals surface area contributed by atoms with E-state index in [1.807, 2.05) is 0 Å². The molecule has 20 heavy (non-hydrogen) atoms. The van der Waals surface area contributed by atoms with Crippen LogP contribution in [0.15, 0.2) is 17.0 Å². The van der Waals surface area contributed by atoms with Gasteiger partial charge in [0.1, 0.15) is 4.90 Å². The Hall–Kier alpha value is -0.530. The molecule has 1 fully saturated rings.